The van der Waals surface area contributed by atoms with E-state index in [0.717, 1.165) is 89.4 Å². The largest absolute Gasteiger partial charge is 0.490 e. The Kier molecular flexibility index (Phi) is 11.8. The van der Waals surface area contributed by atoms with E-state index in [1.165, 1.54) is 24.8 Å². The van der Waals surface area contributed by atoms with Gasteiger partial charge in [-0.25, -0.2) is 9.78 Å². The van der Waals surface area contributed by atoms with Crippen molar-refractivity contribution in [3.63, 3.8) is 0 Å². The molecule has 8 rings (SSSR count). The monoisotopic (exact) mass is 853 g/mol. The SMILES string of the molecule is Cc1sc2c(c1C)C(c1ccc(OC3CC4(CCN(C(=O)OC(C)(C)C)CC4)C3)cc1)=NC(Cc1ncco1)c1nnc(/N=C(Cl)/C=C\C(=N)C(=O)NC3CCCCC3)n1-2. The van der Waals surface area contributed by atoms with Gasteiger partial charge in [-0.05, 0) is 121 Å². The predicted octanol–water partition coefficient (Wildman–Crippen LogP) is 8.92. The van der Waals surface area contributed by atoms with Crippen LogP contribution >= 0.6 is 22.9 Å². The zero-order valence-corrected chi connectivity index (χ0v) is 36.4. The quantitative estimate of drug-likeness (QED) is 0.149. The van der Waals surface area contributed by atoms with E-state index in [4.69, 9.17) is 35.9 Å². The molecule has 1 saturated heterocycles. The molecule has 2 saturated carbocycles. The molecule has 1 unspecified atom stereocenters. The second-order valence-corrected chi connectivity index (χ2v) is 19.0. The normalized spacial score (nSPS) is 19.6. The maximum absolute atomic E-state index is 12.7. The first-order valence-electron chi connectivity index (χ1n) is 20.8. The number of allylic oxidation sites excluding steroid dienone is 1. The molecule has 0 radical (unpaired) electrons. The molecule has 1 aromatic carbocycles. The highest BCUT2D eigenvalue weighted by molar-refractivity contribution is 7.15. The number of hydrogen-bond acceptors (Lipinski definition) is 12. The minimum Gasteiger partial charge on any atom is -0.490 e. The van der Waals surface area contributed by atoms with Gasteiger partial charge in [0.15, 0.2) is 11.7 Å². The molecule has 16 heteroatoms. The molecular formula is C44H52ClN9O5S. The van der Waals surface area contributed by atoms with Gasteiger partial charge in [0.1, 0.15) is 39.5 Å². The average molecular weight is 854 g/mol. The number of piperidine rings is 1. The maximum atomic E-state index is 12.7. The molecule has 1 atom stereocenters. The lowest BCUT2D eigenvalue weighted by Gasteiger charge is -2.51. The van der Waals surface area contributed by atoms with Crippen LogP contribution in [0.5, 0.6) is 5.75 Å². The smallest absolute Gasteiger partial charge is 0.410 e. The molecule has 14 nitrogen and oxygen atoms in total. The van der Waals surface area contributed by atoms with E-state index in [2.05, 4.69) is 39.3 Å². The molecule has 60 heavy (non-hydrogen) atoms. The van der Waals surface area contributed by atoms with Gasteiger partial charge in [-0.2, -0.15) is 4.99 Å². The number of oxazole rings is 1. The van der Waals surface area contributed by atoms with Crippen molar-refractivity contribution in [2.45, 2.75) is 123 Å². The summed E-state index contributed by atoms with van der Waals surface area (Å²) in [5, 5.41) is 21.3. The average Bonchev–Trinajstić information content (AvgIpc) is 3.92. The Labute approximate surface area is 359 Å². The van der Waals surface area contributed by atoms with Crippen LogP contribution in [0.2, 0.25) is 0 Å². The molecule has 3 fully saturated rings. The van der Waals surface area contributed by atoms with Crippen molar-refractivity contribution in [3.05, 3.63) is 82.2 Å². The number of rotatable bonds is 10. The molecule has 4 aliphatic rings. The van der Waals surface area contributed by atoms with Crippen LogP contribution in [0.1, 0.15) is 118 Å². The highest BCUT2D eigenvalue weighted by Crippen LogP contribution is 2.50. The molecule has 4 aromatic rings. The lowest BCUT2D eigenvalue weighted by atomic mass is 9.61. The Hall–Kier alpha value is -5.15. The fraction of sp³-hybridized carbons (Fsp3) is 0.500. The molecule has 0 bridgehead atoms. The van der Waals surface area contributed by atoms with Crippen LogP contribution in [0.4, 0.5) is 10.7 Å². The van der Waals surface area contributed by atoms with Crippen LogP contribution in [0.3, 0.4) is 0 Å². The van der Waals surface area contributed by atoms with E-state index in [1.807, 2.05) is 54.5 Å². The number of nitrogens with one attached hydrogen (secondary N) is 2. The van der Waals surface area contributed by atoms with Crippen molar-refractivity contribution in [2.75, 3.05) is 13.1 Å². The number of aryl methyl sites for hydroxylation is 1. The minimum atomic E-state index is -0.538. The number of carbonyl (C=O) groups is 2. The topological polar surface area (TPSA) is 173 Å². The van der Waals surface area contributed by atoms with Crippen molar-refractivity contribution < 1.29 is 23.5 Å². The fourth-order valence-corrected chi connectivity index (χ4v) is 9.91. The summed E-state index contributed by atoms with van der Waals surface area (Å²) in [6, 6.07) is 7.66. The summed E-state index contributed by atoms with van der Waals surface area (Å²) < 4.78 is 19.7. The highest BCUT2D eigenvalue weighted by atomic mass is 35.5. The van der Waals surface area contributed by atoms with E-state index < -0.39 is 17.6 Å². The Morgan fingerprint density at radius 2 is 1.82 bits per heavy atom. The highest BCUT2D eigenvalue weighted by Gasteiger charge is 2.48. The van der Waals surface area contributed by atoms with E-state index in [0.29, 0.717) is 31.2 Å². The third kappa shape index (κ3) is 9.12. The summed E-state index contributed by atoms with van der Waals surface area (Å²) in [5.41, 5.74) is 3.21. The van der Waals surface area contributed by atoms with Crippen LogP contribution in [-0.2, 0) is 16.0 Å². The van der Waals surface area contributed by atoms with Gasteiger partial charge in [0.05, 0.1) is 24.4 Å². The summed E-state index contributed by atoms with van der Waals surface area (Å²) in [5.74, 6) is 1.66. The second kappa shape index (κ2) is 17.1. The number of thiophene rings is 1. The number of hydrogen-bond donors (Lipinski definition) is 2. The van der Waals surface area contributed by atoms with Crippen molar-refractivity contribution in [1.29, 1.82) is 5.41 Å². The van der Waals surface area contributed by atoms with Gasteiger partial charge in [0, 0.05) is 35.1 Å². The molecule has 5 heterocycles. The van der Waals surface area contributed by atoms with Crippen LogP contribution in [0.15, 0.2) is 63.3 Å². The first-order chi connectivity index (χ1) is 28.7. The van der Waals surface area contributed by atoms with Gasteiger partial charge in [0.25, 0.3) is 11.9 Å². The number of fused-ring (bicyclic) bond motifs is 3. The molecule has 2 aliphatic heterocycles. The zero-order valence-electron chi connectivity index (χ0n) is 34.8. The van der Waals surface area contributed by atoms with E-state index in [1.54, 1.807) is 17.5 Å². The Bertz CT molecular complexity index is 2320. The van der Waals surface area contributed by atoms with Crippen molar-refractivity contribution in [3.8, 4) is 10.8 Å². The van der Waals surface area contributed by atoms with Crippen molar-refractivity contribution in [1.82, 2.24) is 30.0 Å². The van der Waals surface area contributed by atoms with E-state index >= 15 is 0 Å². The Morgan fingerprint density at radius 3 is 2.50 bits per heavy atom. The number of benzene rings is 1. The third-order valence-electron chi connectivity index (χ3n) is 11.9. The van der Waals surface area contributed by atoms with Crippen LogP contribution in [-0.4, -0.2) is 84.1 Å². The van der Waals surface area contributed by atoms with E-state index in [9.17, 15) is 9.59 Å². The summed E-state index contributed by atoms with van der Waals surface area (Å²) in [4.78, 5) is 42.6. The number of halogens is 1. The van der Waals surface area contributed by atoms with Gasteiger partial charge in [-0.3, -0.25) is 19.8 Å². The summed E-state index contributed by atoms with van der Waals surface area (Å²) in [7, 11) is 0. The molecule has 1 spiro atoms. The first kappa shape index (κ1) is 41.6. The van der Waals surface area contributed by atoms with Crippen LogP contribution in [0.25, 0.3) is 5.00 Å². The minimum absolute atomic E-state index is 0.0424. The molecule has 2 N–H and O–H groups in total. The molecule has 2 amide bonds. The zero-order chi connectivity index (χ0) is 42.2. The van der Waals surface area contributed by atoms with Crippen molar-refractivity contribution in [2.24, 2.45) is 15.4 Å². The van der Waals surface area contributed by atoms with Gasteiger partial charge < -0.3 is 24.1 Å². The summed E-state index contributed by atoms with van der Waals surface area (Å²) in [6.45, 7) is 11.3. The second-order valence-electron chi connectivity index (χ2n) is 17.4. The van der Waals surface area contributed by atoms with E-state index in [-0.39, 0.29) is 40.5 Å². The van der Waals surface area contributed by atoms with Gasteiger partial charge in [0.2, 0.25) is 0 Å². The lowest BCUT2D eigenvalue weighted by Crippen LogP contribution is -2.52. The van der Waals surface area contributed by atoms with Gasteiger partial charge in [-0.15, -0.1) is 21.5 Å². The molecule has 316 valence electrons. The molecular weight excluding hydrogens is 802 g/mol. The number of amides is 2. The number of nitrogens with zero attached hydrogens (tertiary/aromatic N) is 7. The Balaban J connectivity index is 1.01. The van der Waals surface area contributed by atoms with Crippen molar-refractivity contribution >= 4 is 57.5 Å². The van der Waals surface area contributed by atoms with Crippen LogP contribution in [0, 0.1) is 24.7 Å². The number of aromatic nitrogens is 4. The molecule has 2 aliphatic carbocycles. The molecule has 3 aromatic heterocycles. The third-order valence-corrected chi connectivity index (χ3v) is 13.3. The number of carbonyl (C=O) groups excluding carboxylic acids is 2. The lowest BCUT2D eigenvalue weighted by molar-refractivity contribution is -0.115. The summed E-state index contributed by atoms with van der Waals surface area (Å²) >= 11 is 8.25. The van der Waals surface area contributed by atoms with Crippen LogP contribution < -0.4 is 10.1 Å². The maximum Gasteiger partial charge on any atom is 0.410 e. The summed E-state index contributed by atoms with van der Waals surface area (Å²) in [6.07, 6.45) is 15.2. The predicted molar refractivity (Wildman–Crippen MR) is 232 cm³/mol. The fourth-order valence-electron chi connectivity index (χ4n) is 8.61. The van der Waals surface area contributed by atoms with Gasteiger partial charge >= 0.3 is 6.09 Å². The number of aliphatic imine (C=N–C) groups is 2. The first-order valence-corrected chi connectivity index (χ1v) is 22.0. The number of ether oxygens (including phenoxy) is 2. The standard InChI is InChI=1S/C44H52ClN9O5S/c1-26-27(2)60-40-36(26)37(28-11-13-30(14-12-28)58-31-24-44(25-31)17-20-53(21-18-44)42(56)59-43(3,4)5)49-33(23-35-47-19-22-57-35)38-51-52-41(54(38)40)50-34(45)16-15-32(46)39(55)48-29-9-7-6-8-10-29/h11-16,19,22,29,31,33,46H,6-10,17-18,20-21,23-25H2,1-5H3,(H,48,55)/b16-15-,46-32?,50-34-. The number of likely N-dealkylation sites (tertiary alicyclic amines) is 1. The van der Waals surface area contributed by atoms with Gasteiger partial charge in [-0.1, -0.05) is 30.9 Å². The Morgan fingerprint density at radius 1 is 1.08 bits per heavy atom.